The molecule has 14 heavy (non-hydrogen) atoms. The number of hydrogen-bond acceptors (Lipinski definition) is 1. The molecule has 0 amide bonds. The van der Waals surface area contributed by atoms with Crippen molar-refractivity contribution in [1.82, 2.24) is 0 Å². The van der Waals surface area contributed by atoms with Gasteiger partial charge in [-0.3, -0.25) is 0 Å². The van der Waals surface area contributed by atoms with Gasteiger partial charge in [-0.1, -0.05) is 33.1 Å². The lowest BCUT2D eigenvalue weighted by molar-refractivity contribution is 0.0969. The van der Waals surface area contributed by atoms with Gasteiger partial charge in [0.05, 0.1) is 0 Å². The zero-order valence-corrected chi connectivity index (χ0v) is 9.51. The lowest BCUT2D eigenvalue weighted by Gasteiger charge is -2.32. The Bertz CT molecular complexity index is 152. The number of rotatable bonds is 4. The van der Waals surface area contributed by atoms with E-state index >= 15 is 0 Å². The van der Waals surface area contributed by atoms with Gasteiger partial charge in [-0.15, -0.1) is 0 Å². The Labute approximate surface area is 87.3 Å². The van der Waals surface area contributed by atoms with E-state index in [4.69, 9.17) is 5.73 Å². The van der Waals surface area contributed by atoms with Gasteiger partial charge in [-0.05, 0) is 31.2 Å². The smallest absolute Gasteiger partial charge is 0.107 e. The molecule has 2 atom stereocenters. The molecular formula is C12H24FN. The van der Waals surface area contributed by atoms with Gasteiger partial charge in [0.15, 0.2) is 0 Å². The third-order valence-corrected chi connectivity index (χ3v) is 3.64. The van der Waals surface area contributed by atoms with E-state index in [1.54, 1.807) is 0 Å². The molecule has 0 aromatic heterocycles. The summed E-state index contributed by atoms with van der Waals surface area (Å²) in [5, 5.41) is 0. The minimum Gasteiger partial charge on any atom is -0.330 e. The van der Waals surface area contributed by atoms with Crippen molar-refractivity contribution >= 4 is 0 Å². The minimum atomic E-state index is -0.666. The van der Waals surface area contributed by atoms with Crippen LogP contribution in [-0.2, 0) is 0 Å². The summed E-state index contributed by atoms with van der Waals surface area (Å²) in [6, 6.07) is 0. The van der Waals surface area contributed by atoms with E-state index in [1.165, 1.54) is 19.3 Å². The zero-order chi connectivity index (χ0) is 10.6. The Hall–Kier alpha value is -0.110. The maximum atomic E-state index is 14.1. The first-order valence-electron chi connectivity index (χ1n) is 6.01. The van der Waals surface area contributed by atoms with Crippen molar-refractivity contribution in [2.75, 3.05) is 6.54 Å². The molecule has 1 nitrogen and oxygen atoms in total. The molecule has 1 fully saturated rings. The first-order valence-corrected chi connectivity index (χ1v) is 6.01. The highest BCUT2D eigenvalue weighted by Crippen LogP contribution is 2.33. The van der Waals surface area contributed by atoms with E-state index in [0.29, 0.717) is 18.4 Å². The molecule has 1 aliphatic rings. The van der Waals surface area contributed by atoms with Crippen LogP contribution in [0.2, 0.25) is 0 Å². The van der Waals surface area contributed by atoms with Crippen molar-refractivity contribution in [2.45, 2.75) is 52.1 Å². The van der Waals surface area contributed by atoms with Gasteiger partial charge in [0.2, 0.25) is 0 Å². The van der Waals surface area contributed by atoms with Crippen LogP contribution in [0.15, 0.2) is 0 Å². The maximum absolute atomic E-state index is 14.1. The first-order chi connectivity index (χ1) is 6.66. The van der Waals surface area contributed by atoms with Crippen molar-refractivity contribution in [3.63, 3.8) is 0 Å². The average molecular weight is 201 g/mol. The Morgan fingerprint density at radius 1 is 1.21 bits per heavy atom. The maximum Gasteiger partial charge on any atom is 0.107 e. The monoisotopic (exact) mass is 201 g/mol. The van der Waals surface area contributed by atoms with Crippen LogP contribution in [0, 0.1) is 17.8 Å². The first kappa shape index (κ1) is 12.0. The fourth-order valence-corrected chi connectivity index (χ4v) is 2.57. The molecule has 2 unspecified atom stereocenters. The molecule has 0 heterocycles. The molecular weight excluding hydrogens is 177 g/mol. The van der Waals surface area contributed by atoms with Gasteiger partial charge >= 0.3 is 0 Å². The van der Waals surface area contributed by atoms with Gasteiger partial charge in [0.1, 0.15) is 6.17 Å². The van der Waals surface area contributed by atoms with E-state index in [-0.39, 0.29) is 5.92 Å². The lowest BCUT2D eigenvalue weighted by atomic mass is 9.78. The predicted molar refractivity (Wildman–Crippen MR) is 58.9 cm³/mol. The molecule has 0 radical (unpaired) electrons. The number of hydrogen-bond donors (Lipinski definition) is 1. The fourth-order valence-electron chi connectivity index (χ4n) is 2.57. The Morgan fingerprint density at radius 2 is 1.79 bits per heavy atom. The highest BCUT2D eigenvalue weighted by atomic mass is 19.1. The van der Waals surface area contributed by atoms with E-state index in [0.717, 1.165) is 12.8 Å². The van der Waals surface area contributed by atoms with Crippen LogP contribution in [0.4, 0.5) is 4.39 Å². The van der Waals surface area contributed by atoms with Crippen LogP contribution in [0.25, 0.3) is 0 Å². The van der Waals surface area contributed by atoms with Gasteiger partial charge in [-0.25, -0.2) is 4.39 Å². The third kappa shape index (κ3) is 2.94. The molecule has 2 heteroatoms. The van der Waals surface area contributed by atoms with Gasteiger partial charge in [0.25, 0.3) is 0 Å². The van der Waals surface area contributed by atoms with Crippen LogP contribution in [-0.4, -0.2) is 12.7 Å². The summed E-state index contributed by atoms with van der Waals surface area (Å²) in [7, 11) is 0. The van der Waals surface area contributed by atoms with Crippen LogP contribution in [0.1, 0.15) is 46.0 Å². The molecule has 0 aromatic rings. The Morgan fingerprint density at radius 3 is 2.21 bits per heavy atom. The van der Waals surface area contributed by atoms with Crippen LogP contribution in [0.3, 0.4) is 0 Å². The fraction of sp³-hybridized carbons (Fsp3) is 1.00. The number of halogens is 1. The topological polar surface area (TPSA) is 26.0 Å². The molecule has 0 aliphatic heterocycles. The summed E-state index contributed by atoms with van der Waals surface area (Å²) < 4.78 is 14.1. The van der Waals surface area contributed by atoms with Crippen molar-refractivity contribution < 1.29 is 4.39 Å². The molecule has 0 saturated heterocycles. The summed E-state index contributed by atoms with van der Waals surface area (Å²) in [6.45, 7) is 4.65. The highest BCUT2D eigenvalue weighted by molar-refractivity contribution is 4.81. The van der Waals surface area contributed by atoms with Crippen molar-refractivity contribution in [2.24, 2.45) is 23.5 Å². The second-order valence-corrected chi connectivity index (χ2v) is 4.99. The molecule has 2 N–H and O–H groups in total. The van der Waals surface area contributed by atoms with Crippen LogP contribution < -0.4 is 5.73 Å². The van der Waals surface area contributed by atoms with Crippen LogP contribution in [0.5, 0.6) is 0 Å². The van der Waals surface area contributed by atoms with Crippen molar-refractivity contribution in [3.8, 4) is 0 Å². The molecule has 1 aliphatic carbocycles. The van der Waals surface area contributed by atoms with E-state index in [1.807, 2.05) is 0 Å². The van der Waals surface area contributed by atoms with Crippen LogP contribution >= 0.6 is 0 Å². The molecule has 84 valence electrons. The van der Waals surface area contributed by atoms with E-state index in [2.05, 4.69) is 13.8 Å². The Balaban J connectivity index is 2.47. The molecule has 0 aromatic carbocycles. The predicted octanol–water partition coefficient (Wildman–Crippen LogP) is 3.14. The normalized spacial score (nSPS) is 23.8. The minimum absolute atomic E-state index is 0.0677. The van der Waals surface area contributed by atoms with E-state index in [9.17, 15) is 4.39 Å². The Kier molecular flexibility index (Phi) is 4.86. The summed E-state index contributed by atoms with van der Waals surface area (Å²) in [4.78, 5) is 0. The van der Waals surface area contributed by atoms with Crippen molar-refractivity contribution in [1.29, 1.82) is 0 Å². The summed E-state index contributed by atoms with van der Waals surface area (Å²) >= 11 is 0. The highest BCUT2D eigenvalue weighted by Gasteiger charge is 2.31. The SMILES string of the molecule is CC(C)C(CN)C(F)C1CCCCC1. The van der Waals surface area contributed by atoms with Gasteiger partial charge < -0.3 is 5.73 Å². The second-order valence-electron chi connectivity index (χ2n) is 4.99. The quantitative estimate of drug-likeness (QED) is 0.743. The van der Waals surface area contributed by atoms with E-state index < -0.39 is 6.17 Å². The molecule has 0 bridgehead atoms. The standard InChI is InChI=1S/C12H24FN/c1-9(2)11(8-14)12(13)10-6-4-3-5-7-10/h9-12H,3-8,14H2,1-2H3. The van der Waals surface area contributed by atoms with Crippen molar-refractivity contribution in [3.05, 3.63) is 0 Å². The number of alkyl halides is 1. The number of nitrogens with two attached hydrogens (primary N) is 1. The van der Waals surface area contributed by atoms with Gasteiger partial charge in [0, 0.05) is 5.92 Å². The largest absolute Gasteiger partial charge is 0.330 e. The molecule has 0 spiro atoms. The molecule has 1 saturated carbocycles. The zero-order valence-electron chi connectivity index (χ0n) is 9.51. The lowest BCUT2D eigenvalue weighted by Crippen LogP contribution is -2.35. The third-order valence-electron chi connectivity index (χ3n) is 3.64. The molecule has 1 rings (SSSR count). The summed E-state index contributed by atoms with van der Waals surface area (Å²) in [6.07, 6.45) is 5.19. The average Bonchev–Trinajstić information content (AvgIpc) is 2.19. The van der Waals surface area contributed by atoms with Gasteiger partial charge in [-0.2, -0.15) is 0 Å². The summed E-state index contributed by atoms with van der Waals surface area (Å²) in [5.74, 6) is 0.731. The second kappa shape index (κ2) is 5.69. The summed E-state index contributed by atoms with van der Waals surface area (Å²) in [5.41, 5.74) is 5.64.